The Balaban J connectivity index is 0.00000432. The number of nitrogens with zero attached hydrogens (tertiary/aromatic N) is 2. The van der Waals surface area contributed by atoms with Gasteiger partial charge in [-0.3, -0.25) is 19.3 Å². The van der Waals surface area contributed by atoms with E-state index in [2.05, 4.69) is 10.1 Å². The van der Waals surface area contributed by atoms with Crippen LogP contribution in [0.4, 0.5) is 13.2 Å². The van der Waals surface area contributed by atoms with Gasteiger partial charge in [-0.05, 0) is 100 Å². The molecule has 7 N–H and O–H groups in total. The van der Waals surface area contributed by atoms with Crippen LogP contribution < -0.4 is 10.1 Å². The number of aliphatic hydroxyl groups excluding tert-OH is 3. The number of halogens is 3. The number of likely N-dealkylation sites (N-methyl/N-ethyl adjacent to an activating group) is 1. The zero-order valence-corrected chi connectivity index (χ0v) is 43.8. The fourth-order valence-electron chi connectivity index (χ4n) is 10.4. The Morgan fingerprint density at radius 3 is 2.15 bits per heavy atom. The maximum absolute atomic E-state index is 14.9. The Morgan fingerprint density at radius 2 is 1.59 bits per heavy atom. The van der Waals surface area contributed by atoms with Gasteiger partial charge in [-0.2, -0.15) is 4.39 Å². The van der Waals surface area contributed by atoms with E-state index in [1.807, 2.05) is 37.7 Å². The number of nitrogens with one attached hydrogen (secondary N) is 1. The van der Waals surface area contributed by atoms with E-state index in [4.69, 9.17) is 38.3 Å². The highest BCUT2D eigenvalue weighted by molar-refractivity contribution is 5.95. The summed E-state index contributed by atoms with van der Waals surface area (Å²) < 4.78 is 85.7. The van der Waals surface area contributed by atoms with E-state index >= 15 is 0 Å². The number of cyclic esters (lactones) is 1. The van der Waals surface area contributed by atoms with Gasteiger partial charge in [-0.15, -0.1) is 0 Å². The van der Waals surface area contributed by atoms with Crippen molar-refractivity contribution in [3.63, 3.8) is 0 Å². The van der Waals surface area contributed by atoms with Gasteiger partial charge in [0.15, 0.2) is 30.0 Å². The first-order valence-corrected chi connectivity index (χ1v) is 24.3. The summed E-state index contributed by atoms with van der Waals surface area (Å²) in [6.45, 7) is 16.8. The molecule has 410 valence electrons. The third-order valence-electron chi connectivity index (χ3n) is 14.5. The van der Waals surface area contributed by atoms with Crippen LogP contribution in [0.2, 0.25) is 0 Å². The standard InChI is InChI=1S/C48H80F3N3O14.CH2O2/c1-15-33-48(10,61)40(56)28(6)54(18-16-17-52-43(58)30-20-31(49)36(51)39(62-13)35(30)50)23-24(2)21-46(8,60)42(68-45-37(55)32(53(11)12)19-25(3)64-45)26(4)38(27(5)44(59)66-33)67-34-22-47(9,63-14)41(57)29(7)65-34;2-1-3/h20,24-29,32-34,37-38,40-42,45,55-57,60-61H,15-19,21-23H2,1-14H3,(H,52,58);1H,(H,2,3)/t24-,25-,26+,27-,28-,29+,32+,33-,34+,37-,38+,40-,41+,42-,45+,46-,47-,48-;/m1./s1. The fraction of sp³-hybridized carbons (Fsp3) is 0.816. The van der Waals surface area contributed by atoms with Crippen LogP contribution in [-0.4, -0.2) is 197 Å². The number of hydrogen-bond donors (Lipinski definition) is 7. The van der Waals surface area contributed by atoms with Crippen LogP contribution >= 0.6 is 0 Å². The van der Waals surface area contributed by atoms with Crippen LogP contribution in [0.1, 0.15) is 112 Å². The molecule has 3 aliphatic heterocycles. The Morgan fingerprint density at radius 1 is 0.972 bits per heavy atom. The second-order valence-electron chi connectivity index (χ2n) is 20.5. The van der Waals surface area contributed by atoms with Crippen molar-refractivity contribution in [1.29, 1.82) is 0 Å². The molecule has 1 amide bonds. The van der Waals surface area contributed by atoms with Gasteiger partial charge in [0.05, 0.1) is 54.2 Å². The van der Waals surface area contributed by atoms with Crippen molar-refractivity contribution in [3.8, 4) is 5.75 Å². The molecule has 1 aromatic rings. The van der Waals surface area contributed by atoms with Gasteiger partial charge >= 0.3 is 5.97 Å². The molecule has 0 aliphatic carbocycles. The molecule has 4 rings (SSSR count). The first kappa shape index (κ1) is 62.0. The first-order chi connectivity index (χ1) is 33.0. The topological polar surface area (TPSA) is 256 Å². The summed E-state index contributed by atoms with van der Waals surface area (Å²) >= 11 is 0. The Hall–Kier alpha value is -3.26. The van der Waals surface area contributed by atoms with Crippen molar-refractivity contribution >= 4 is 18.3 Å². The quantitative estimate of drug-likeness (QED) is 0.0648. The van der Waals surface area contributed by atoms with E-state index in [1.165, 1.54) is 14.0 Å². The largest absolute Gasteiger partial charge is 0.491 e. The Labute approximate surface area is 416 Å². The highest BCUT2D eigenvalue weighted by Gasteiger charge is 2.53. The number of carbonyl (C=O) groups excluding carboxylic acids is 2. The van der Waals surface area contributed by atoms with E-state index < -0.39 is 137 Å². The molecule has 0 spiro atoms. The monoisotopic (exact) mass is 1030 g/mol. The zero-order valence-electron chi connectivity index (χ0n) is 43.8. The highest BCUT2D eigenvalue weighted by atomic mass is 19.2. The lowest BCUT2D eigenvalue weighted by molar-refractivity contribution is -0.318. The maximum atomic E-state index is 14.9. The zero-order chi connectivity index (χ0) is 54.1. The lowest BCUT2D eigenvalue weighted by Gasteiger charge is -2.48. The number of amides is 1. The number of carbonyl (C=O) groups is 3. The summed E-state index contributed by atoms with van der Waals surface area (Å²) in [4.78, 5) is 39.6. The molecule has 3 heterocycles. The van der Waals surface area contributed by atoms with Gasteiger partial charge in [0.1, 0.15) is 30.0 Å². The van der Waals surface area contributed by atoms with Crippen molar-refractivity contribution in [2.45, 2.75) is 192 Å². The fourth-order valence-corrected chi connectivity index (χ4v) is 10.4. The second-order valence-corrected chi connectivity index (χ2v) is 20.5. The maximum Gasteiger partial charge on any atom is 0.311 e. The molecule has 18 atom stereocenters. The van der Waals surface area contributed by atoms with E-state index in [9.17, 15) is 48.3 Å². The molecule has 0 aromatic heterocycles. The summed E-state index contributed by atoms with van der Waals surface area (Å²) in [6, 6.07) is -0.770. The summed E-state index contributed by atoms with van der Waals surface area (Å²) in [5.41, 5.74) is -5.65. The van der Waals surface area contributed by atoms with Gasteiger partial charge in [0.25, 0.3) is 12.4 Å². The molecule has 0 radical (unpaired) electrons. The minimum Gasteiger partial charge on any atom is -0.491 e. The molecule has 19 nitrogen and oxygen atoms in total. The number of esters is 1. The molecule has 22 heteroatoms. The summed E-state index contributed by atoms with van der Waals surface area (Å²) in [5.74, 6) is -9.69. The number of aliphatic hydroxyl groups is 5. The molecule has 0 saturated carbocycles. The third-order valence-corrected chi connectivity index (χ3v) is 14.5. The Kier molecular flexibility index (Phi) is 23.0. The molecular formula is C49H82F3N3O16. The van der Waals surface area contributed by atoms with Crippen molar-refractivity contribution in [2.75, 3.05) is 47.9 Å². The number of carboxylic acid groups (broad SMARTS) is 1. The smallest absolute Gasteiger partial charge is 0.311 e. The average Bonchev–Trinajstić information content (AvgIpc) is 3.29. The summed E-state index contributed by atoms with van der Waals surface area (Å²) in [5, 5.41) is 69.1. The highest BCUT2D eigenvalue weighted by Crippen LogP contribution is 2.40. The first-order valence-electron chi connectivity index (χ1n) is 24.3. The molecule has 71 heavy (non-hydrogen) atoms. The van der Waals surface area contributed by atoms with Crippen molar-refractivity contribution < 1.29 is 91.4 Å². The van der Waals surface area contributed by atoms with Crippen LogP contribution in [0.5, 0.6) is 5.75 Å². The predicted octanol–water partition coefficient (Wildman–Crippen LogP) is 3.22. The van der Waals surface area contributed by atoms with Crippen LogP contribution in [0.15, 0.2) is 6.07 Å². The van der Waals surface area contributed by atoms with Crippen molar-refractivity contribution in [1.82, 2.24) is 15.1 Å². The normalized spacial score (nSPS) is 39.0. The van der Waals surface area contributed by atoms with Crippen LogP contribution in [-0.2, 0) is 38.0 Å². The van der Waals surface area contributed by atoms with Gasteiger partial charge in [0.2, 0.25) is 5.82 Å². The van der Waals surface area contributed by atoms with E-state index in [0.717, 1.165) is 7.11 Å². The average molecular weight is 1030 g/mol. The number of methoxy groups -OCH3 is 2. The molecule has 1 aromatic carbocycles. The van der Waals surface area contributed by atoms with E-state index in [1.54, 1.807) is 48.5 Å². The lowest BCUT2D eigenvalue weighted by atomic mass is 9.77. The summed E-state index contributed by atoms with van der Waals surface area (Å²) in [6.07, 6.45) is -9.83. The van der Waals surface area contributed by atoms with Gasteiger partial charge in [-0.1, -0.05) is 20.8 Å². The van der Waals surface area contributed by atoms with Gasteiger partial charge in [0, 0.05) is 51.2 Å². The SMILES string of the molecule is CC[C@H]1OC(=O)[C@H](C)[C@@H](O[C@H]2C[C@@](C)(OC)[C@@H](O)[C@H](C)O2)[C@H](C)[C@@H](O[C@@H]2O[C@H](C)C[C@H](N(C)C)[C@H]2O)[C@](C)(O)C[C@@H](C)CN(CCCNC(=O)c2cc(F)c(F)c(OC)c2F)[C@H](C)[C@@H](O)[C@]1(C)O.O=CO. The molecule has 3 aliphatic rings. The lowest BCUT2D eigenvalue weighted by Crippen LogP contribution is -2.60. The van der Waals surface area contributed by atoms with Gasteiger partial charge in [-0.25, -0.2) is 8.78 Å². The predicted molar refractivity (Wildman–Crippen MR) is 252 cm³/mol. The van der Waals surface area contributed by atoms with Crippen molar-refractivity contribution in [2.24, 2.45) is 17.8 Å². The van der Waals surface area contributed by atoms with E-state index in [-0.39, 0.29) is 63.9 Å². The molecular weight excluding hydrogens is 944 g/mol. The number of ether oxygens (including phenoxy) is 7. The van der Waals surface area contributed by atoms with E-state index in [0.29, 0.717) is 12.5 Å². The molecule has 3 saturated heterocycles. The second kappa shape index (κ2) is 26.3. The number of benzene rings is 1. The van der Waals surface area contributed by atoms with Crippen LogP contribution in [0, 0.1) is 35.2 Å². The van der Waals surface area contributed by atoms with Crippen LogP contribution in [0.25, 0.3) is 0 Å². The minimum atomic E-state index is -2.03. The Bertz CT molecular complexity index is 1890. The molecule has 0 bridgehead atoms. The third kappa shape index (κ3) is 15.0. The van der Waals surface area contributed by atoms with Crippen LogP contribution in [0.3, 0.4) is 0 Å². The van der Waals surface area contributed by atoms with Crippen molar-refractivity contribution in [3.05, 3.63) is 29.1 Å². The van der Waals surface area contributed by atoms with Gasteiger partial charge < -0.3 is 74.0 Å². The minimum absolute atomic E-state index is 0.0369. The summed E-state index contributed by atoms with van der Waals surface area (Å²) in [7, 11) is 6.08. The number of hydrogen-bond acceptors (Lipinski definition) is 17. The molecule has 0 unspecified atom stereocenters. The number of rotatable bonds is 13. The molecule has 3 fully saturated rings.